The van der Waals surface area contributed by atoms with Crippen LogP contribution >= 0.6 is 0 Å². The van der Waals surface area contributed by atoms with Crippen molar-refractivity contribution >= 4 is 33.8 Å². The zero-order valence-corrected chi connectivity index (χ0v) is 16.8. The van der Waals surface area contributed by atoms with E-state index in [2.05, 4.69) is 46.5 Å². The van der Waals surface area contributed by atoms with Gasteiger partial charge in [-0.25, -0.2) is 9.97 Å². The number of anilines is 2. The summed E-state index contributed by atoms with van der Waals surface area (Å²) < 4.78 is 2.19. The zero-order chi connectivity index (χ0) is 20.6. The average molecular weight is 411 g/mol. The van der Waals surface area contributed by atoms with Crippen LogP contribution in [0.15, 0.2) is 55.1 Å². The molecule has 6 rings (SSSR count). The first-order chi connectivity index (χ1) is 15.3. The smallest absolute Gasteiger partial charge is 0.161 e. The summed E-state index contributed by atoms with van der Waals surface area (Å²) >= 11 is 0. The second kappa shape index (κ2) is 7.44. The van der Waals surface area contributed by atoms with Crippen LogP contribution < -0.4 is 10.6 Å². The normalized spacial score (nSPS) is 16.3. The molecule has 0 aliphatic carbocycles. The molecular formula is C22H21N9. The fourth-order valence-electron chi connectivity index (χ4n) is 4.16. The first-order valence-electron chi connectivity index (χ1n) is 10.4. The molecule has 0 saturated carbocycles. The summed E-state index contributed by atoms with van der Waals surface area (Å²) in [5.74, 6) is 1.96. The number of pyridine rings is 2. The molecule has 0 aromatic carbocycles. The summed E-state index contributed by atoms with van der Waals surface area (Å²) in [5.41, 5.74) is 5.27. The zero-order valence-electron chi connectivity index (χ0n) is 16.8. The maximum absolute atomic E-state index is 4.80. The van der Waals surface area contributed by atoms with Crippen LogP contribution in [0.4, 0.5) is 11.6 Å². The van der Waals surface area contributed by atoms with Crippen LogP contribution in [-0.2, 0) is 6.54 Å². The fraction of sp³-hybridized carbons (Fsp3) is 0.227. The minimum absolute atomic E-state index is 0.631. The SMILES string of the molecule is c1cnc2c(-c3cc(Nc4cnc5ccn(CC6CCNC6)c5n4)n[nH]3)ccnc2c1. The van der Waals surface area contributed by atoms with Gasteiger partial charge in [-0.2, -0.15) is 5.10 Å². The van der Waals surface area contributed by atoms with Crippen molar-refractivity contribution in [3.63, 3.8) is 0 Å². The molecule has 0 spiro atoms. The van der Waals surface area contributed by atoms with Gasteiger partial charge in [-0.05, 0) is 49.7 Å². The number of hydrogen-bond donors (Lipinski definition) is 3. The van der Waals surface area contributed by atoms with Crippen molar-refractivity contribution in [2.75, 3.05) is 18.4 Å². The van der Waals surface area contributed by atoms with Crippen molar-refractivity contribution in [1.82, 2.24) is 40.0 Å². The van der Waals surface area contributed by atoms with E-state index < -0.39 is 0 Å². The van der Waals surface area contributed by atoms with Crippen LogP contribution in [-0.4, -0.2) is 47.8 Å². The van der Waals surface area contributed by atoms with E-state index in [1.54, 1.807) is 18.6 Å². The minimum Gasteiger partial charge on any atom is -0.331 e. The Balaban J connectivity index is 1.28. The van der Waals surface area contributed by atoms with E-state index in [9.17, 15) is 0 Å². The Labute approximate surface area is 178 Å². The average Bonchev–Trinajstić information content (AvgIpc) is 3.56. The number of nitrogens with one attached hydrogen (secondary N) is 3. The van der Waals surface area contributed by atoms with Crippen LogP contribution in [0.1, 0.15) is 6.42 Å². The number of fused-ring (bicyclic) bond motifs is 2. The molecule has 1 aliphatic heterocycles. The number of rotatable bonds is 5. The van der Waals surface area contributed by atoms with E-state index in [-0.39, 0.29) is 0 Å². The van der Waals surface area contributed by atoms with Gasteiger partial charge in [-0.1, -0.05) is 0 Å². The Bertz CT molecular complexity index is 1360. The van der Waals surface area contributed by atoms with Gasteiger partial charge in [-0.3, -0.25) is 15.1 Å². The highest BCUT2D eigenvalue weighted by Crippen LogP contribution is 2.27. The fourth-order valence-corrected chi connectivity index (χ4v) is 4.16. The van der Waals surface area contributed by atoms with Crippen LogP contribution in [0.3, 0.4) is 0 Å². The second-order valence-electron chi connectivity index (χ2n) is 7.81. The molecule has 6 heterocycles. The summed E-state index contributed by atoms with van der Waals surface area (Å²) in [6.45, 7) is 3.09. The number of aromatic amines is 1. The number of hydrogen-bond acceptors (Lipinski definition) is 7. The topological polar surface area (TPSA) is 109 Å². The summed E-state index contributed by atoms with van der Waals surface area (Å²) in [4.78, 5) is 18.2. The highest BCUT2D eigenvalue weighted by atomic mass is 15.2. The molecule has 5 aromatic rings. The quantitative estimate of drug-likeness (QED) is 0.408. The van der Waals surface area contributed by atoms with E-state index in [1.807, 2.05) is 30.3 Å². The molecule has 0 radical (unpaired) electrons. The monoisotopic (exact) mass is 411 g/mol. The first kappa shape index (κ1) is 18.0. The summed E-state index contributed by atoms with van der Waals surface area (Å²) in [6.07, 6.45) is 8.55. The van der Waals surface area contributed by atoms with Crippen molar-refractivity contribution in [3.05, 3.63) is 55.1 Å². The predicted molar refractivity (Wildman–Crippen MR) is 119 cm³/mol. The maximum atomic E-state index is 4.80. The summed E-state index contributed by atoms with van der Waals surface area (Å²) in [6, 6.07) is 9.72. The van der Waals surface area contributed by atoms with Gasteiger partial charge >= 0.3 is 0 Å². The van der Waals surface area contributed by atoms with Gasteiger partial charge in [0.15, 0.2) is 17.3 Å². The van der Waals surface area contributed by atoms with Gasteiger partial charge in [0, 0.05) is 36.8 Å². The molecule has 0 amide bonds. The van der Waals surface area contributed by atoms with E-state index in [4.69, 9.17) is 4.98 Å². The third kappa shape index (κ3) is 3.38. The lowest BCUT2D eigenvalue weighted by Gasteiger charge is -2.10. The molecule has 1 aliphatic rings. The lowest BCUT2D eigenvalue weighted by atomic mass is 10.1. The molecule has 1 unspecified atom stereocenters. The Hall–Kier alpha value is -3.85. The third-order valence-electron chi connectivity index (χ3n) is 5.70. The van der Waals surface area contributed by atoms with Crippen molar-refractivity contribution < 1.29 is 0 Å². The first-order valence-corrected chi connectivity index (χ1v) is 10.4. The Morgan fingerprint density at radius 3 is 3.00 bits per heavy atom. The Kier molecular flexibility index (Phi) is 4.31. The third-order valence-corrected chi connectivity index (χ3v) is 5.70. The van der Waals surface area contributed by atoms with Gasteiger partial charge in [0.1, 0.15) is 5.52 Å². The van der Waals surface area contributed by atoms with Crippen LogP contribution in [0.2, 0.25) is 0 Å². The molecule has 3 N–H and O–H groups in total. The van der Waals surface area contributed by atoms with E-state index >= 15 is 0 Å². The van der Waals surface area contributed by atoms with Crippen LogP contribution in [0.5, 0.6) is 0 Å². The van der Waals surface area contributed by atoms with Crippen molar-refractivity contribution in [3.8, 4) is 11.3 Å². The summed E-state index contributed by atoms with van der Waals surface area (Å²) in [7, 11) is 0. The van der Waals surface area contributed by atoms with Crippen molar-refractivity contribution in [2.45, 2.75) is 13.0 Å². The van der Waals surface area contributed by atoms with Gasteiger partial charge in [-0.15, -0.1) is 0 Å². The molecule has 154 valence electrons. The van der Waals surface area contributed by atoms with Crippen LogP contribution in [0.25, 0.3) is 33.5 Å². The molecular weight excluding hydrogens is 390 g/mol. The molecule has 1 atom stereocenters. The summed E-state index contributed by atoms with van der Waals surface area (Å²) in [5, 5.41) is 14.2. The Morgan fingerprint density at radius 2 is 2.06 bits per heavy atom. The van der Waals surface area contributed by atoms with Crippen molar-refractivity contribution in [2.24, 2.45) is 5.92 Å². The van der Waals surface area contributed by atoms with Gasteiger partial charge in [0.2, 0.25) is 0 Å². The molecule has 1 saturated heterocycles. The van der Waals surface area contributed by atoms with E-state index in [0.717, 1.165) is 53.1 Å². The van der Waals surface area contributed by atoms with Gasteiger partial charge in [0.25, 0.3) is 0 Å². The predicted octanol–water partition coefficient (Wildman–Crippen LogP) is 3.12. The molecule has 5 aromatic heterocycles. The van der Waals surface area contributed by atoms with Crippen molar-refractivity contribution in [1.29, 1.82) is 0 Å². The molecule has 9 nitrogen and oxygen atoms in total. The lowest BCUT2D eigenvalue weighted by molar-refractivity contribution is 0.489. The highest BCUT2D eigenvalue weighted by molar-refractivity contribution is 5.90. The minimum atomic E-state index is 0.631. The van der Waals surface area contributed by atoms with Gasteiger partial charge in [0.05, 0.1) is 22.9 Å². The lowest BCUT2D eigenvalue weighted by Crippen LogP contribution is -2.14. The second-order valence-corrected chi connectivity index (χ2v) is 7.81. The molecule has 0 bridgehead atoms. The number of nitrogens with zero attached hydrogens (tertiary/aromatic N) is 6. The Morgan fingerprint density at radius 1 is 1.06 bits per heavy atom. The van der Waals surface area contributed by atoms with Crippen LogP contribution in [0, 0.1) is 5.92 Å². The van der Waals surface area contributed by atoms with E-state index in [0.29, 0.717) is 17.6 Å². The molecule has 9 heteroatoms. The number of H-pyrrole nitrogens is 1. The molecule has 1 fully saturated rings. The maximum Gasteiger partial charge on any atom is 0.161 e. The standard InChI is InChI=1S/C22H21N9/c1-2-16-21(25-6-1)15(4-8-24-16)18-10-19(30-29-18)27-20-12-26-17-5-9-31(22(17)28-20)13-14-3-7-23-11-14/h1-2,4-6,8-10,12,14,23H,3,7,11,13H2,(H2,27,28,29,30). The highest BCUT2D eigenvalue weighted by Gasteiger charge is 2.17. The largest absolute Gasteiger partial charge is 0.331 e. The molecule has 31 heavy (non-hydrogen) atoms. The number of aromatic nitrogens is 7. The van der Waals surface area contributed by atoms with E-state index in [1.165, 1.54) is 6.42 Å². The van der Waals surface area contributed by atoms with Gasteiger partial charge < -0.3 is 15.2 Å².